The molecule has 14 nitrogen and oxygen atoms in total. The monoisotopic (exact) mass is 933 g/mol. The Morgan fingerprint density at radius 2 is 1.65 bits per heavy atom. The molecule has 344 valence electrons. The van der Waals surface area contributed by atoms with Gasteiger partial charge in [0.2, 0.25) is 17.7 Å². The van der Waals surface area contributed by atoms with Crippen molar-refractivity contribution < 1.29 is 46.6 Å². The Kier molecular flexibility index (Phi) is 16.3. The highest BCUT2D eigenvalue weighted by molar-refractivity contribution is 7.81. The molecular weight excluding hydrogens is 884 g/mol. The van der Waals surface area contributed by atoms with Crippen LogP contribution in [0.2, 0.25) is 0 Å². The Balaban J connectivity index is 0.809. The first-order chi connectivity index (χ1) is 31.1. The van der Waals surface area contributed by atoms with Gasteiger partial charge in [-0.15, -0.1) is 11.3 Å². The first-order valence-corrected chi connectivity index (χ1v) is 22.4. The van der Waals surface area contributed by atoms with Gasteiger partial charge in [0, 0.05) is 38.6 Å². The molecule has 4 amide bonds. The predicted octanol–water partition coefficient (Wildman–Crippen LogP) is 6.93. The van der Waals surface area contributed by atoms with Crippen molar-refractivity contribution in [1.29, 1.82) is 5.26 Å². The number of thiazole rings is 1. The number of alkyl halides is 3. The molecule has 2 aliphatic rings. The summed E-state index contributed by atoms with van der Waals surface area (Å²) in [5.74, 6) is -0.917. The number of benzene rings is 3. The van der Waals surface area contributed by atoms with E-state index in [0.717, 1.165) is 45.2 Å². The Bertz CT molecular complexity index is 2390. The number of hydrogen-bond acceptors (Lipinski definition) is 11. The number of thiocarbonyl (C=S) groups is 1. The molecule has 2 saturated heterocycles. The number of carbonyl (C=O) groups excluding carboxylic acids is 4. The Morgan fingerprint density at radius 1 is 0.954 bits per heavy atom. The Hall–Kier alpha value is -5.94. The van der Waals surface area contributed by atoms with Crippen LogP contribution in [-0.2, 0) is 41.4 Å². The molecule has 19 heteroatoms. The van der Waals surface area contributed by atoms with E-state index in [2.05, 4.69) is 15.6 Å². The van der Waals surface area contributed by atoms with E-state index in [1.165, 1.54) is 11.0 Å². The van der Waals surface area contributed by atoms with Crippen LogP contribution in [0.25, 0.3) is 10.4 Å². The number of ether oxygens (including phenoxy) is 3. The van der Waals surface area contributed by atoms with Crippen molar-refractivity contribution >= 4 is 63.7 Å². The minimum atomic E-state index is -4.79. The molecule has 0 saturated carbocycles. The highest BCUT2D eigenvalue weighted by Gasteiger charge is 2.50. The number of nitrogens with one attached hydrogen (secondary N) is 2. The van der Waals surface area contributed by atoms with E-state index >= 15 is 0 Å². The zero-order chi connectivity index (χ0) is 46.7. The smallest absolute Gasteiger partial charge is 0.417 e. The number of carbonyl (C=O) groups is 4. The molecule has 0 aliphatic carbocycles. The largest absolute Gasteiger partial charge is 0.494 e. The molecule has 1 aromatic heterocycles. The van der Waals surface area contributed by atoms with Gasteiger partial charge in [0.05, 0.1) is 52.1 Å². The summed E-state index contributed by atoms with van der Waals surface area (Å²) in [4.78, 5) is 61.3. The molecule has 3 heterocycles. The third-order valence-electron chi connectivity index (χ3n) is 11.0. The van der Waals surface area contributed by atoms with Crippen molar-refractivity contribution in [2.24, 2.45) is 0 Å². The number of nitrogens with zero attached hydrogens (tertiary/aromatic N) is 5. The molecule has 0 spiro atoms. The quantitative estimate of drug-likeness (QED) is 0.0697. The fourth-order valence-electron chi connectivity index (χ4n) is 7.50. The summed E-state index contributed by atoms with van der Waals surface area (Å²) in [6.45, 7) is 7.22. The third-order valence-corrected chi connectivity index (χ3v) is 12.3. The van der Waals surface area contributed by atoms with E-state index in [4.69, 9.17) is 26.4 Å². The lowest BCUT2D eigenvalue weighted by Crippen LogP contribution is -2.49. The number of hydrogen-bond donors (Lipinski definition) is 2. The number of amides is 4. The highest BCUT2D eigenvalue weighted by atomic mass is 32.1. The van der Waals surface area contributed by atoms with Crippen molar-refractivity contribution in [3.05, 3.63) is 94.6 Å². The van der Waals surface area contributed by atoms with Gasteiger partial charge >= 0.3 is 6.18 Å². The van der Waals surface area contributed by atoms with Gasteiger partial charge in [-0.1, -0.05) is 24.3 Å². The van der Waals surface area contributed by atoms with Gasteiger partial charge in [-0.3, -0.25) is 24.1 Å². The second-order valence-electron chi connectivity index (χ2n) is 15.9. The minimum Gasteiger partial charge on any atom is -0.494 e. The first kappa shape index (κ1) is 48.5. The molecule has 2 aliphatic heterocycles. The van der Waals surface area contributed by atoms with Gasteiger partial charge in [0.1, 0.15) is 23.9 Å². The third kappa shape index (κ3) is 12.0. The van der Waals surface area contributed by atoms with Gasteiger partial charge < -0.3 is 34.6 Å². The summed E-state index contributed by atoms with van der Waals surface area (Å²) in [6, 6.07) is 18.8. The van der Waals surface area contributed by atoms with Crippen molar-refractivity contribution in [3.8, 4) is 22.3 Å². The van der Waals surface area contributed by atoms with E-state index in [1.54, 1.807) is 60.4 Å². The number of halogens is 3. The average Bonchev–Trinajstić information content (AvgIpc) is 4.00. The van der Waals surface area contributed by atoms with Crippen LogP contribution < -0.4 is 25.2 Å². The van der Waals surface area contributed by atoms with Crippen LogP contribution >= 0.6 is 23.6 Å². The Morgan fingerprint density at radius 3 is 2.34 bits per heavy atom. The molecule has 2 N–H and O–H groups in total. The van der Waals surface area contributed by atoms with Crippen LogP contribution in [0.15, 0.2) is 72.2 Å². The number of likely N-dealkylation sites (tertiary alicyclic amines) is 1. The number of aromatic nitrogens is 1. The molecule has 1 atom stereocenters. The predicted molar refractivity (Wildman–Crippen MR) is 242 cm³/mol. The fraction of sp³-hybridized carbons (Fsp3) is 0.413. The highest BCUT2D eigenvalue weighted by Crippen LogP contribution is 2.40. The van der Waals surface area contributed by atoms with Gasteiger partial charge in [-0.2, -0.15) is 18.4 Å². The second kappa shape index (κ2) is 21.8. The molecular formula is C46H50F3N7O7S2. The van der Waals surface area contributed by atoms with E-state index < -0.39 is 40.7 Å². The summed E-state index contributed by atoms with van der Waals surface area (Å²) in [7, 11) is 0. The maximum absolute atomic E-state index is 13.7. The lowest BCUT2D eigenvalue weighted by atomic mass is 10.0. The molecule has 0 bridgehead atoms. The zero-order valence-electron chi connectivity index (χ0n) is 36.2. The molecule has 6 rings (SSSR count). The molecule has 0 unspecified atom stereocenters. The zero-order valence-corrected chi connectivity index (χ0v) is 37.9. The molecule has 0 radical (unpaired) electrons. The summed E-state index contributed by atoms with van der Waals surface area (Å²) < 4.78 is 58.0. The first-order valence-electron chi connectivity index (χ1n) is 21.1. The standard InChI is InChI=1S/C46H50F3N7O7S2/c1-30-41(65-29-53-30)32-11-9-31(10-12-32)26-52-42(59)38-8-6-19-54(38)40(58)27-51-39(57)28-62-22-7-21-61-20-4-5-23-63-36-17-15-34(16-18-36)56-44(64)55(43(60)45(56,2)3)35-14-13-33(25-50)37(24-35)46(47,48)49/h9-18,24,29,38H,4-8,19-23,26-28H2,1-3H3,(H,51,57)(H,52,59)/t38-/m0/s1. The molecule has 3 aromatic carbocycles. The van der Waals surface area contributed by atoms with E-state index in [0.29, 0.717) is 76.6 Å². The van der Waals surface area contributed by atoms with Gasteiger partial charge in [0.15, 0.2) is 5.11 Å². The number of unbranched alkanes of at least 4 members (excludes halogenated alkanes) is 1. The van der Waals surface area contributed by atoms with Gasteiger partial charge in [-0.05, 0) is 119 Å². The molecule has 2 fully saturated rings. The summed E-state index contributed by atoms with van der Waals surface area (Å²) in [5, 5.41) is 14.7. The van der Waals surface area contributed by atoms with Crippen LogP contribution in [-0.4, -0.2) is 96.3 Å². The number of rotatable bonds is 20. The second-order valence-corrected chi connectivity index (χ2v) is 17.1. The number of aryl methyl sites for hydroxylation is 1. The lowest BCUT2D eigenvalue weighted by Gasteiger charge is -2.29. The SMILES string of the molecule is Cc1ncsc1-c1ccc(CNC(=O)[C@@H]2CCCN2C(=O)CNC(=O)COCCCOCCCCOc2ccc(N3C(=S)N(c4ccc(C#N)c(C(F)(F)F)c4)C(=O)C3(C)C)cc2)cc1. The average molecular weight is 934 g/mol. The number of nitriles is 1. The van der Waals surface area contributed by atoms with Crippen LogP contribution in [0.3, 0.4) is 0 Å². The Labute approximate surface area is 384 Å². The van der Waals surface area contributed by atoms with Crippen LogP contribution in [0.5, 0.6) is 5.75 Å². The van der Waals surface area contributed by atoms with E-state index in [9.17, 15) is 37.6 Å². The van der Waals surface area contributed by atoms with E-state index in [-0.39, 0.29) is 35.8 Å². The lowest BCUT2D eigenvalue weighted by molar-refractivity contribution is -0.139. The van der Waals surface area contributed by atoms with Crippen LogP contribution in [0, 0.1) is 18.3 Å². The topological polar surface area (TPSA) is 166 Å². The fourth-order valence-corrected chi connectivity index (χ4v) is 8.84. The molecule has 4 aromatic rings. The van der Waals surface area contributed by atoms with Crippen molar-refractivity contribution in [1.82, 2.24) is 20.5 Å². The summed E-state index contributed by atoms with van der Waals surface area (Å²) in [6.07, 6.45) is -1.53. The molecule has 65 heavy (non-hydrogen) atoms. The van der Waals surface area contributed by atoms with Crippen molar-refractivity contribution in [2.45, 2.75) is 77.2 Å². The summed E-state index contributed by atoms with van der Waals surface area (Å²) in [5.41, 5.74) is 2.35. The van der Waals surface area contributed by atoms with Crippen LogP contribution in [0.4, 0.5) is 24.5 Å². The number of anilines is 2. The van der Waals surface area contributed by atoms with Gasteiger partial charge in [0.25, 0.3) is 5.91 Å². The normalized spacial score (nSPS) is 15.9. The summed E-state index contributed by atoms with van der Waals surface area (Å²) >= 11 is 7.19. The maximum Gasteiger partial charge on any atom is 0.417 e. The van der Waals surface area contributed by atoms with Crippen molar-refractivity contribution in [3.63, 3.8) is 0 Å². The van der Waals surface area contributed by atoms with E-state index in [1.807, 2.05) is 36.7 Å². The maximum atomic E-state index is 13.7. The van der Waals surface area contributed by atoms with Crippen molar-refractivity contribution in [2.75, 3.05) is 55.9 Å². The van der Waals surface area contributed by atoms with Crippen LogP contribution in [0.1, 0.15) is 68.3 Å². The van der Waals surface area contributed by atoms with Gasteiger partial charge in [-0.25, -0.2) is 4.98 Å². The minimum absolute atomic E-state index is 0.000507.